The van der Waals surface area contributed by atoms with Gasteiger partial charge in [-0.2, -0.15) is 15.0 Å². The summed E-state index contributed by atoms with van der Waals surface area (Å²) in [7, 11) is 3.57. The van der Waals surface area contributed by atoms with Crippen LogP contribution in [0.3, 0.4) is 0 Å². The van der Waals surface area contributed by atoms with Crippen molar-refractivity contribution >= 4 is 40.8 Å². The molecule has 2 heterocycles. The first-order chi connectivity index (χ1) is 15.6. The second-order valence-corrected chi connectivity index (χ2v) is 8.40. The molecule has 8 nitrogen and oxygen atoms in total. The Morgan fingerprint density at radius 2 is 1.48 bits per heavy atom. The zero-order valence-electron chi connectivity index (χ0n) is 18.8. The number of hydrogen-bond donors (Lipinski definition) is 3. The maximum absolute atomic E-state index is 6.28. The summed E-state index contributed by atoms with van der Waals surface area (Å²) in [4.78, 5) is 13.8. The molecule has 0 spiro atoms. The lowest BCUT2D eigenvalue weighted by molar-refractivity contribution is -0.671. The summed E-state index contributed by atoms with van der Waals surface area (Å²) in [5.41, 5.74) is 1.66. The number of aromatic nitrogens is 4. The smallest absolute Gasteiger partial charge is 0.233 e. The molecule has 0 aliphatic heterocycles. The Balaban J connectivity index is 0.00000306. The van der Waals surface area contributed by atoms with E-state index in [1.807, 2.05) is 42.2 Å². The molecular weight excluding hydrogens is 461 g/mol. The van der Waals surface area contributed by atoms with Crippen LogP contribution in [0.25, 0.3) is 0 Å². The number of nitrogens with zero attached hydrogens (tertiary/aromatic N) is 4. The Morgan fingerprint density at radius 1 is 0.879 bits per heavy atom. The van der Waals surface area contributed by atoms with E-state index in [4.69, 9.17) is 16.3 Å². The van der Waals surface area contributed by atoms with Gasteiger partial charge in [-0.3, -0.25) is 0 Å². The van der Waals surface area contributed by atoms with E-state index in [9.17, 15) is 0 Å². The summed E-state index contributed by atoms with van der Waals surface area (Å²) in [5.74, 6) is 2.06. The largest absolute Gasteiger partial charge is 1.00 e. The van der Waals surface area contributed by atoms with Crippen LogP contribution in [0, 0.1) is 0 Å². The van der Waals surface area contributed by atoms with Crippen molar-refractivity contribution < 1.29 is 21.7 Å². The number of aryl methyl sites for hydroxylation is 1. The van der Waals surface area contributed by atoms with E-state index in [-0.39, 0.29) is 12.4 Å². The molecule has 176 valence electrons. The summed E-state index contributed by atoms with van der Waals surface area (Å²) < 4.78 is 7.21. The molecule has 33 heavy (non-hydrogen) atoms. The molecule has 0 atom stereocenters. The Hall–Kier alpha value is -2.84. The fourth-order valence-electron chi connectivity index (χ4n) is 3.75. The van der Waals surface area contributed by atoms with Crippen LogP contribution in [0.4, 0.5) is 29.2 Å². The number of methoxy groups -OCH3 is 1. The molecule has 0 amide bonds. The van der Waals surface area contributed by atoms with E-state index < -0.39 is 0 Å². The first kappa shape index (κ1) is 24.8. The van der Waals surface area contributed by atoms with Crippen LogP contribution in [-0.4, -0.2) is 28.1 Å². The fraction of sp³-hybridized carbons (Fsp3) is 0.391. The quantitative estimate of drug-likeness (QED) is 0.345. The van der Waals surface area contributed by atoms with Crippen molar-refractivity contribution in [3.8, 4) is 5.75 Å². The highest BCUT2D eigenvalue weighted by atomic mass is 35.5. The Morgan fingerprint density at radius 3 is 2.09 bits per heavy atom. The van der Waals surface area contributed by atoms with Gasteiger partial charge in [0.2, 0.25) is 17.8 Å². The van der Waals surface area contributed by atoms with Crippen LogP contribution in [-0.2, 0) is 7.05 Å². The first-order valence-corrected chi connectivity index (χ1v) is 11.3. The highest BCUT2D eigenvalue weighted by Crippen LogP contribution is 2.29. The molecule has 1 aliphatic rings. The van der Waals surface area contributed by atoms with Crippen LogP contribution < -0.4 is 37.7 Å². The summed E-state index contributed by atoms with van der Waals surface area (Å²) in [6.07, 6.45) is 11.2. The maximum atomic E-state index is 6.28. The molecule has 1 aromatic carbocycles. The number of rotatable bonds is 7. The van der Waals surface area contributed by atoms with Crippen LogP contribution in [0.2, 0.25) is 5.02 Å². The van der Waals surface area contributed by atoms with Gasteiger partial charge in [0, 0.05) is 23.9 Å². The molecule has 4 rings (SSSR count). The van der Waals surface area contributed by atoms with Gasteiger partial charge < -0.3 is 33.1 Å². The van der Waals surface area contributed by atoms with Crippen LogP contribution >= 0.6 is 11.6 Å². The summed E-state index contributed by atoms with van der Waals surface area (Å²) in [5, 5.41) is 10.5. The molecule has 0 bridgehead atoms. The number of benzene rings is 1. The molecule has 10 heteroatoms. The molecule has 0 unspecified atom stereocenters. The summed E-state index contributed by atoms with van der Waals surface area (Å²) in [6, 6.07) is 9.77. The second kappa shape index (κ2) is 11.9. The lowest BCUT2D eigenvalue weighted by Crippen LogP contribution is -3.00. The van der Waals surface area contributed by atoms with Gasteiger partial charge in [0.05, 0.1) is 17.8 Å². The van der Waals surface area contributed by atoms with Gasteiger partial charge in [0.1, 0.15) is 12.8 Å². The average Bonchev–Trinajstić information content (AvgIpc) is 3.04. The number of halogens is 2. The third-order valence-electron chi connectivity index (χ3n) is 5.47. The van der Waals surface area contributed by atoms with Crippen LogP contribution in [0.15, 0.2) is 42.7 Å². The Bertz CT molecular complexity index is 1040. The number of anilines is 5. The zero-order valence-corrected chi connectivity index (χ0v) is 20.3. The van der Waals surface area contributed by atoms with E-state index in [2.05, 4.69) is 30.9 Å². The van der Waals surface area contributed by atoms with E-state index in [0.717, 1.165) is 24.2 Å². The molecule has 3 aromatic rings. The highest BCUT2D eigenvalue weighted by Gasteiger charge is 2.15. The van der Waals surface area contributed by atoms with Crippen molar-refractivity contribution in [1.82, 2.24) is 15.0 Å². The lowest BCUT2D eigenvalue weighted by atomic mass is 10.1. The molecule has 1 fully saturated rings. The highest BCUT2D eigenvalue weighted by molar-refractivity contribution is 6.32. The van der Waals surface area contributed by atoms with Gasteiger partial charge in [0.15, 0.2) is 12.4 Å². The van der Waals surface area contributed by atoms with Gasteiger partial charge in [-0.15, -0.1) is 0 Å². The zero-order chi connectivity index (χ0) is 22.3. The fourth-order valence-corrected chi connectivity index (χ4v) is 4.00. The second-order valence-electron chi connectivity index (χ2n) is 7.99. The molecular formula is C23H29Cl2N7O. The van der Waals surface area contributed by atoms with Crippen molar-refractivity contribution in [3.63, 3.8) is 0 Å². The summed E-state index contributed by atoms with van der Waals surface area (Å²) in [6.45, 7) is 0. The van der Waals surface area contributed by atoms with Crippen molar-refractivity contribution in [3.05, 3.63) is 47.7 Å². The van der Waals surface area contributed by atoms with E-state index in [1.54, 1.807) is 19.2 Å². The number of hydrogen-bond acceptors (Lipinski definition) is 7. The van der Waals surface area contributed by atoms with Gasteiger partial charge in [-0.25, -0.2) is 4.57 Å². The van der Waals surface area contributed by atoms with Crippen molar-refractivity contribution in [2.24, 2.45) is 7.05 Å². The lowest BCUT2D eigenvalue weighted by Gasteiger charge is -2.17. The molecule has 0 radical (unpaired) electrons. The van der Waals surface area contributed by atoms with Gasteiger partial charge in [-0.05, 0) is 31.0 Å². The predicted octanol–water partition coefficient (Wildman–Crippen LogP) is 1.98. The van der Waals surface area contributed by atoms with E-state index in [0.29, 0.717) is 34.7 Å². The van der Waals surface area contributed by atoms with E-state index >= 15 is 0 Å². The topological polar surface area (TPSA) is 87.9 Å². The minimum atomic E-state index is 0. The van der Waals surface area contributed by atoms with Crippen LogP contribution in [0.1, 0.15) is 38.5 Å². The minimum Gasteiger partial charge on any atom is -1.00 e. The van der Waals surface area contributed by atoms with Crippen molar-refractivity contribution in [2.45, 2.75) is 44.6 Å². The first-order valence-electron chi connectivity index (χ1n) is 10.9. The Labute approximate surface area is 205 Å². The number of pyridine rings is 1. The minimum absolute atomic E-state index is 0. The number of nitrogens with one attached hydrogen (secondary N) is 3. The average molecular weight is 490 g/mol. The molecule has 2 aromatic heterocycles. The monoisotopic (exact) mass is 489 g/mol. The molecule has 0 saturated heterocycles. The van der Waals surface area contributed by atoms with Crippen molar-refractivity contribution in [2.75, 3.05) is 23.1 Å². The van der Waals surface area contributed by atoms with E-state index in [1.165, 1.54) is 25.7 Å². The van der Waals surface area contributed by atoms with Crippen LogP contribution in [0.5, 0.6) is 5.75 Å². The normalized spacial score (nSPS) is 14.0. The molecule has 3 N–H and O–H groups in total. The van der Waals surface area contributed by atoms with Gasteiger partial charge in [-0.1, -0.05) is 37.3 Å². The Kier molecular flexibility index (Phi) is 8.91. The third kappa shape index (κ3) is 7.07. The molecule has 1 aliphatic carbocycles. The van der Waals surface area contributed by atoms with Gasteiger partial charge >= 0.3 is 0 Å². The van der Waals surface area contributed by atoms with Crippen molar-refractivity contribution in [1.29, 1.82) is 0 Å². The SMILES string of the molecule is COc1ccc(Nc2nc(Nc3cc[n+](C)cc3)nc(NC3CCCCCC3)n2)cc1Cl.[Cl-]. The third-order valence-corrected chi connectivity index (χ3v) is 5.76. The number of ether oxygens (including phenoxy) is 1. The summed E-state index contributed by atoms with van der Waals surface area (Å²) >= 11 is 6.28. The molecule has 1 saturated carbocycles. The van der Waals surface area contributed by atoms with Gasteiger partial charge in [0.25, 0.3) is 0 Å². The standard InChI is InChI=1S/C23H28ClN7O.ClH/c1-31-13-11-17(12-14-31)26-22-28-21(25-16-7-5-3-4-6-8-16)29-23(30-22)27-18-9-10-20(32-2)19(24)15-18;/h9-16H,3-8H2,1-2H3,(H2,25,27,28,29,30);1H. The predicted molar refractivity (Wildman–Crippen MR) is 127 cm³/mol. The maximum Gasteiger partial charge on any atom is 0.233 e.